The standard InChI is InChI=1S/C16H28N2O2/c1-5-11-6-12-13(7-11)15(20)18(14(12)19)16(4,9-17)8-10(2)3/h10-13H,5-9,17H2,1-4H3. The molecule has 2 amide bonds. The van der Waals surface area contributed by atoms with Crippen molar-refractivity contribution in [2.24, 2.45) is 29.4 Å². The second-order valence-corrected chi connectivity index (χ2v) is 7.27. The van der Waals surface area contributed by atoms with Gasteiger partial charge in [-0.3, -0.25) is 14.5 Å². The molecule has 1 aliphatic heterocycles. The maximum Gasteiger partial charge on any atom is 0.233 e. The third-order valence-corrected chi connectivity index (χ3v) is 5.14. The zero-order valence-corrected chi connectivity index (χ0v) is 13.2. The lowest BCUT2D eigenvalue weighted by Crippen LogP contribution is -2.55. The fourth-order valence-corrected chi connectivity index (χ4v) is 4.14. The second kappa shape index (κ2) is 5.47. The van der Waals surface area contributed by atoms with Gasteiger partial charge in [-0.05, 0) is 38.0 Å². The number of carbonyl (C=O) groups is 2. The molecule has 1 aliphatic carbocycles. The SMILES string of the molecule is CCC1CC2C(=O)N(C(C)(CN)CC(C)C)C(=O)C2C1. The summed E-state index contributed by atoms with van der Waals surface area (Å²) in [5.74, 6) is 0.854. The van der Waals surface area contributed by atoms with Crippen LogP contribution in [0.1, 0.15) is 53.4 Å². The lowest BCUT2D eigenvalue weighted by atomic mass is 9.88. The van der Waals surface area contributed by atoms with Crippen LogP contribution in [0.3, 0.4) is 0 Å². The summed E-state index contributed by atoms with van der Waals surface area (Å²) in [7, 11) is 0. The van der Waals surface area contributed by atoms with E-state index in [1.807, 2.05) is 6.92 Å². The van der Waals surface area contributed by atoms with Gasteiger partial charge in [-0.1, -0.05) is 27.2 Å². The van der Waals surface area contributed by atoms with Gasteiger partial charge in [0.2, 0.25) is 11.8 Å². The van der Waals surface area contributed by atoms with Gasteiger partial charge in [-0.2, -0.15) is 0 Å². The normalized spacial score (nSPS) is 32.9. The van der Waals surface area contributed by atoms with Crippen molar-refractivity contribution in [2.45, 2.75) is 58.9 Å². The molecule has 2 fully saturated rings. The smallest absolute Gasteiger partial charge is 0.233 e. The van der Waals surface area contributed by atoms with Crippen LogP contribution < -0.4 is 5.73 Å². The molecule has 0 radical (unpaired) electrons. The van der Waals surface area contributed by atoms with E-state index in [9.17, 15) is 9.59 Å². The molecule has 0 aromatic carbocycles. The molecule has 1 heterocycles. The topological polar surface area (TPSA) is 63.4 Å². The molecule has 0 aromatic heterocycles. The Bertz CT molecular complexity index is 383. The Hall–Kier alpha value is -0.900. The predicted octanol–water partition coefficient (Wildman–Crippen LogP) is 2.17. The summed E-state index contributed by atoms with van der Waals surface area (Å²) >= 11 is 0. The van der Waals surface area contributed by atoms with Gasteiger partial charge < -0.3 is 5.73 Å². The third kappa shape index (κ3) is 2.39. The highest BCUT2D eigenvalue weighted by molar-refractivity contribution is 6.06. The first-order chi connectivity index (χ1) is 9.34. The minimum atomic E-state index is -0.519. The van der Waals surface area contributed by atoms with Gasteiger partial charge in [-0.25, -0.2) is 0 Å². The van der Waals surface area contributed by atoms with Crippen LogP contribution in [-0.2, 0) is 9.59 Å². The molecule has 1 saturated carbocycles. The summed E-state index contributed by atoms with van der Waals surface area (Å²) in [4.78, 5) is 26.9. The maximum absolute atomic E-state index is 12.7. The van der Waals surface area contributed by atoms with Crippen LogP contribution in [0.2, 0.25) is 0 Å². The number of imide groups is 1. The minimum absolute atomic E-state index is 0.0320. The van der Waals surface area contributed by atoms with Gasteiger partial charge in [0.1, 0.15) is 0 Å². The fraction of sp³-hybridized carbons (Fsp3) is 0.875. The third-order valence-electron chi connectivity index (χ3n) is 5.14. The van der Waals surface area contributed by atoms with Gasteiger partial charge in [0.05, 0.1) is 17.4 Å². The molecule has 3 unspecified atom stereocenters. The molecule has 2 aliphatic rings. The van der Waals surface area contributed by atoms with E-state index in [1.165, 1.54) is 4.90 Å². The Morgan fingerprint density at radius 3 is 2.10 bits per heavy atom. The zero-order chi connectivity index (χ0) is 15.1. The molecule has 0 spiro atoms. The molecule has 0 aromatic rings. The molecule has 2 N–H and O–H groups in total. The van der Waals surface area contributed by atoms with Crippen molar-refractivity contribution in [3.63, 3.8) is 0 Å². The van der Waals surface area contributed by atoms with E-state index in [2.05, 4.69) is 20.8 Å². The maximum atomic E-state index is 12.7. The Morgan fingerprint density at radius 1 is 1.25 bits per heavy atom. The van der Waals surface area contributed by atoms with Crippen molar-refractivity contribution in [2.75, 3.05) is 6.54 Å². The van der Waals surface area contributed by atoms with Crippen molar-refractivity contribution in [3.05, 3.63) is 0 Å². The second-order valence-electron chi connectivity index (χ2n) is 7.27. The van der Waals surface area contributed by atoms with E-state index in [4.69, 9.17) is 5.73 Å². The van der Waals surface area contributed by atoms with Crippen molar-refractivity contribution < 1.29 is 9.59 Å². The number of rotatable bonds is 5. The van der Waals surface area contributed by atoms with E-state index in [0.717, 1.165) is 25.7 Å². The number of amides is 2. The van der Waals surface area contributed by atoms with E-state index in [0.29, 0.717) is 18.4 Å². The van der Waals surface area contributed by atoms with Crippen molar-refractivity contribution in [1.82, 2.24) is 4.90 Å². The molecular weight excluding hydrogens is 252 g/mol. The highest BCUT2D eigenvalue weighted by Crippen LogP contribution is 2.46. The summed E-state index contributed by atoms with van der Waals surface area (Å²) in [6, 6.07) is 0. The Morgan fingerprint density at radius 2 is 1.75 bits per heavy atom. The fourth-order valence-electron chi connectivity index (χ4n) is 4.14. The van der Waals surface area contributed by atoms with Crippen molar-refractivity contribution in [3.8, 4) is 0 Å². The minimum Gasteiger partial charge on any atom is -0.328 e. The first kappa shape index (κ1) is 15.5. The summed E-state index contributed by atoms with van der Waals surface area (Å²) < 4.78 is 0. The molecule has 114 valence electrons. The van der Waals surface area contributed by atoms with E-state index < -0.39 is 5.54 Å². The van der Waals surface area contributed by atoms with Gasteiger partial charge in [0.15, 0.2) is 0 Å². The highest BCUT2D eigenvalue weighted by atomic mass is 16.2. The Balaban J connectivity index is 2.23. The summed E-state index contributed by atoms with van der Waals surface area (Å²) in [5, 5.41) is 0. The molecule has 1 saturated heterocycles. The lowest BCUT2D eigenvalue weighted by Gasteiger charge is -2.38. The van der Waals surface area contributed by atoms with Crippen molar-refractivity contribution >= 4 is 11.8 Å². The number of nitrogens with zero attached hydrogens (tertiary/aromatic N) is 1. The number of hydrogen-bond donors (Lipinski definition) is 1. The van der Waals surface area contributed by atoms with E-state index >= 15 is 0 Å². The Kier molecular flexibility index (Phi) is 4.24. The zero-order valence-electron chi connectivity index (χ0n) is 13.2. The van der Waals surface area contributed by atoms with Gasteiger partial charge in [0.25, 0.3) is 0 Å². The molecule has 2 rings (SSSR count). The number of carbonyl (C=O) groups excluding carboxylic acids is 2. The van der Waals surface area contributed by atoms with Crippen LogP contribution in [0.15, 0.2) is 0 Å². The van der Waals surface area contributed by atoms with E-state index in [-0.39, 0.29) is 23.7 Å². The van der Waals surface area contributed by atoms with Crippen LogP contribution in [0, 0.1) is 23.7 Å². The highest BCUT2D eigenvalue weighted by Gasteiger charge is 2.56. The summed E-state index contributed by atoms with van der Waals surface area (Å²) in [6.07, 6.45) is 3.60. The average Bonchev–Trinajstić information content (AvgIpc) is 2.89. The number of hydrogen-bond acceptors (Lipinski definition) is 3. The molecule has 3 atom stereocenters. The number of nitrogens with two attached hydrogens (primary N) is 1. The van der Waals surface area contributed by atoms with Gasteiger partial charge in [-0.15, -0.1) is 0 Å². The van der Waals surface area contributed by atoms with Crippen LogP contribution >= 0.6 is 0 Å². The molecular formula is C16H28N2O2. The van der Waals surface area contributed by atoms with Crippen LogP contribution in [0.5, 0.6) is 0 Å². The quantitative estimate of drug-likeness (QED) is 0.785. The Labute approximate surface area is 122 Å². The summed E-state index contributed by atoms with van der Waals surface area (Å²) in [6.45, 7) is 8.65. The first-order valence-corrected chi connectivity index (χ1v) is 7.92. The number of likely N-dealkylation sites (tertiary alicyclic amines) is 1. The van der Waals surface area contributed by atoms with Crippen LogP contribution in [0.25, 0.3) is 0 Å². The van der Waals surface area contributed by atoms with E-state index in [1.54, 1.807) is 0 Å². The number of fused-ring (bicyclic) bond motifs is 1. The molecule has 4 nitrogen and oxygen atoms in total. The van der Waals surface area contributed by atoms with Gasteiger partial charge >= 0.3 is 0 Å². The summed E-state index contributed by atoms with van der Waals surface area (Å²) in [5.41, 5.74) is 5.40. The van der Waals surface area contributed by atoms with Gasteiger partial charge in [0, 0.05) is 6.54 Å². The molecule has 4 heteroatoms. The van der Waals surface area contributed by atoms with Crippen molar-refractivity contribution in [1.29, 1.82) is 0 Å². The van der Waals surface area contributed by atoms with Crippen LogP contribution in [-0.4, -0.2) is 28.8 Å². The lowest BCUT2D eigenvalue weighted by molar-refractivity contribution is -0.147. The van der Waals surface area contributed by atoms with Crippen LogP contribution in [0.4, 0.5) is 0 Å². The molecule has 20 heavy (non-hydrogen) atoms. The molecule has 0 bridgehead atoms. The largest absolute Gasteiger partial charge is 0.328 e. The average molecular weight is 280 g/mol. The monoisotopic (exact) mass is 280 g/mol. The predicted molar refractivity (Wildman–Crippen MR) is 78.8 cm³/mol. The first-order valence-electron chi connectivity index (χ1n) is 7.92.